The molecule has 0 aliphatic heterocycles. The molecule has 1 heterocycles. The highest BCUT2D eigenvalue weighted by molar-refractivity contribution is 5.89. The molecule has 5 nitrogen and oxygen atoms in total. The number of nitrogens with zero attached hydrogens (tertiary/aromatic N) is 1. The Labute approximate surface area is 113 Å². The molecule has 1 aromatic heterocycles. The maximum Gasteiger partial charge on any atom is 0.338 e. The molecule has 1 aromatic rings. The summed E-state index contributed by atoms with van der Waals surface area (Å²) in [5.74, 6) is 0.0191. The van der Waals surface area contributed by atoms with E-state index < -0.39 is 5.97 Å². The molecule has 2 rings (SSSR count). The average molecular weight is 264 g/mol. The number of aromatic nitrogens is 1. The first-order valence-corrected chi connectivity index (χ1v) is 6.59. The lowest BCUT2D eigenvalue weighted by atomic mass is 9.83. The first-order valence-electron chi connectivity index (χ1n) is 6.59. The van der Waals surface area contributed by atoms with Gasteiger partial charge >= 0.3 is 5.97 Å². The minimum Gasteiger partial charge on any atom is -0.476 e. The van der Waals surface area contributed by atoms with Gasteiger partial charge < -0.3 is 15.2 Å². The molecule has 0 aromatic carbocycles. The number of hydrogen-bond acceptors (Lipinski definition) is 5. The monoisotopic (exact) mass is 264 g/mol. The van der Waals surface area contributed by atoms with E-state index in [4.69, 9.17) is 10.5 Å². The number of hydrogen-bond donors (Lipinski definition) is 1. The van der Waals surface area contributed by atoms with Gasteiger partial charge in [-0.25, -0.2) is 9.78 Å². The number of rotatable bonds is 4. The van der Waals surface area contributed by atoms with Crippen molar-refractivity contribution in [1.29, 1.82) is 0 Å². The average Bonchev–Trinajstić information content (AvgIpc) is 2.45. The van der Waals surface area contributed by atoms with Gasteiger partial charge in [0, 0.05) is 12.3 Å². The zero-order chi connectivity index (χ0) is 13.7. The fourth-order valence-corrected chi connectivity index (χ4v) is 2.35. The molecule has 1 aliphatic rings. The quantitative estimate of drug-likeness (QED) is 0.841. The van der Waals surface area contributed by atoms with E-state index in [1.54, 1.807) is 12.1 Å². The summed E-state index contributed by atoms with van der Waals surface area (Å²) in [6, 6.07) is 3.18. The highest BCUT2D eigenvalue weighted by Gasteiger charge is 2.28. The summed E-state index contributed by atoms with van der Waals surface area (Å²) in [6.07, 6.45) is 7.03. The van der Waals surface area contributed by atoms with Crippen molar-refractivity contribution < 1.29 is 14.3 Å². The smallest absolute Gasteiger partial charge is 0.338 e. The van der Waals surface area contributed by atoms with Gasteiger partial charge in [0.15, 0.2) is 0 Å². The third-order valence-corrected chi connectivity index (χ3v) is 3.51. The van der Waals surface area contributed by atoms with Crippen LogP contribution in [0.25, 0.3) is 0 Å². The Bertz CT molecular complexity index is 442. The molecule has 0 unspecified atom stereocenters. The molecule has 0 atom stereocenters. The fourth-order valence-electron chi connectivity index (χ4n) is 2.35. The number of esters is 1. The van der Waals surface area contributed by atoms with Crippen molar-refractivity contribution in [2.45, 2.75) is 37.6 Å². The zero-order valence-electron chi connectivity index (χ0n) is 11.2. The number of carbonyl (C=O) groups excluding carboxylic acids is 1. The predicted molar refractivity (Wildman–Crippen MR) is 71.1 cm³/mol. The Morgan fingerprint density at radius 2 is 2.16 bits per heavy atom. The van der Waals surface area contributed by atoms with E-state index in [2.05, 4.69) is 9.72 Å². The van der Waals surface area contributed by atoms with Crippen molar-refractivity contribution in [3.8, 4) is 5.88 Å². The van der Waals surface area contributed by atoms with E-state index >= 15 is 0 Å². The SMILES string of the molecule is COC(=O)c1ccnc(OCC2(N)CCCCC2)c1. The second-order valence-electron chi connectivity index (χ2n) is 5.09. The summed E-state index contributed by atoms with van der Waals surface area (Å²) >= 11 is 0. The molecule has 1 saturated carbocycles. The van der Waals surface area contributed by atoms with Gasteiger partial charge in [0.05, 0.1) is 18.2 Å². The van der Waals surface area contributed by atoms with Crippen molar-refractivity contribution >= 4 is 5.97 Å². The van der Waals surface area contributed by atoms with E-state index in [0.717, 1.165) is 25.7 Å². The van der Waals surface area contributed by atoms with Gasteiger partial charge in [0.25, 0.3) is 0 Å². The normalized spacial score (nSPS) is 17.8. The van der Waals surface area contributed by atoms with Crippen LogP contribution in [0.1, 0.15) is 42.5 Å². The van der Waals surface area contributed by atoms with Gasteiger partial charge in [-0.2, -0.15) is 0 Å². The third kappa shape index (κ3) is 3.67. The van der Waals surface area contributed by atoms with Gasteiger partial charge in [-0.15, -0.1) is 0 Å². The topological polar surface area (TPSA) is 74.4 Å². The molecular formula is C14H20N2O3. The summed E-state index contributed by atoms with van der Waals surface area (Å²) in [5, 5.41) is 0. The van der Waals surface area contributed by atoms with Crippen LogP contribution < -0.4 is 10.5 Å². The number of nitrogens with two attached hydrogens (primary N) is 1. The van der Waals surface area contributed by atoms with Crippen LogP contribution in [0.3, 0.4) is 0 Å². The summed E-state index contributed by atoms with van der Waals surface area (Å²) in [4.78, 5) is 15.5. The summed E-state index contributed by atoms with van der Waals surface area (Å²) in [7, 11) is 1.35. The molecule has 1 fully saturated rings. The van der Waals surface area contributed by atoms with Crippen molar-refractivity contribution in [3.63, 3.8) is 0 Å². The van der Waals surface area contributed by atoms with Gasteiger partial charge in [-0.05, 0) is 18.9 Å². The molecule has 0 spiro atoms. The Balaban J connectivity index is 1.97. The van der Waals surface area contributed by atoms with Gasteiger partial charge in [-0.1, -0.05) is 19.3 Å². The van der Waals surface area contributed by atoms with Crippen LogP contribution in [-0.4, -0.2) is 30.2 Å². The van der Waals surface area contributed by atoms with E-state index in [9.17, 15) is 4.79 Å². The summed E-state index contributed by atoms with van der Waals surface area (Å²) < 4.78 is 10.3. The second-order valence-corrected chi connectivity index (χ2v) is 5.09. The lowest BCUT2D eigenvalue weighted by Gasteiger charge is -2.32. The molecule has 19 heavy (non-hydrogen) atoms. The van der Waals surface area contributed by atoms with Gasteiger partial charge in [0.1, 0.15) is 6.61 Å². The second kappa shape index (κ2) is 6.02. The van der Waals surface area contributed by atoms with Crippen molar-refractivity contribution in [2.24, 2.45) is 5.73 Å². The molecule has 0 amide bonds. The lowest BCUT2D eigenvalue weighted by molar-refractivity contribution is 0.0600. The van der Waals surface area contributed by atoms with Crippen LogP contribution >= 0.6 is 0 Å². The Morgan fingerprint density at radius 1 is 1.42 bits per heavy atom. The highest BCUT2D eigenvalue weighted by atomic mass is 16.5. The molecular weight excluding hydrogens is 244 g/mol. The first kappa shape index (κ1) is 13.8. The summed E-state index contributed by atoms with van der Waals surface area (Å²) in [5.41, 5.74) is 6.46. The first-order chi connectivity index (χ1) is 9.13. The van der Waals surface area contributed by atoms with E-state index in [-0.39, 0.29) is 5.54 Å². The Morgan fingerprint density at radius 3 is 2.84 bits per heavy atom. The van der Waals surface area contributed by atoms with Crippen LogP contribution in [0.15, 0.2) is 18.3 Å². The minimum absolute atomic E-state index is 0.263. The largest absolute Gasteiger partial charge is 0.476 e. The zero-order valence-corrected chi connectivity index (χ0v) is 11.2. The molecule has 0 saturated heterocycles. The van der Waals surface area contributed by atoms with E-state index in [1.165, 1.54) is 19.7 Å². The molecule has 1 aliphatic carbocycles. The standard InChI is InChI=1S/C14H20N2O3/c1-18-13(17)11-5-8-16-12(9-11)19-10-14(15)6-3-2-4-7-14/h5,8-9H,2-4,6-7,10,15H2,1H3. The van der Waals surface area contributed by atoms with Crippen molar-refractivity contribution in [2.75, 3.05) is 13.7 Å². The van der Waals surface area contributed by atoms with Crippen molar-refractivity contribution in [1.82, 2.24) is 4.98 Å². The number of carbonyl (C=O) groups is 1. The Hall–Kier alpha value is -1.62. The van der Waals surface area contributed by atoms with Crippen LogP contribution in [0.2, 0.25) is 0 Å². The molecule has 104 valence electrons. The van der Waals surface area contributed by atoms with Crippen LogP contribution in [-0.2, 0) is 4.74 Å². The van der Waals surface area contributed by atoms with Gasteiger partial charge in [0.2, 0.25) is 5.88 Å². The summed E-state index contributed by atoms with van der Waals surface area (Å²) in [6.45, 7) is 0.435. The molecule has 0 radical (unpaired) electrons. The third-order valence-electron chi connectivity index (χ3n) is 3.51. The minimum atomic E-state index is -0.396. The fraction of sp³-hybridized carbons (Fsp3) is 0.571. The van der Waals surface area contributed by atoms with Crippen LogP contribution in [0, 0.1) is 0 Å². The molecule has 0 bridgehead atoms. The van der Waals surface area contributed by atoms with Crippen LogP contribution in [0.5, 0.6) is 5.88 Å². The van der Waals surface area contributed by atoms with E-state index in [0.29, 0.717) is 18.1 Å². The highest BCUT2D eigenvalue weighted by Crippen LogP contribution is 2.26. The number of ether oxygens (including phenoxy) is 2. The van der Waals surface area contributed by atoms with Crippen LogP contribution in [0.4, 0.5) is 0 Å². The van der Waals surface area contributed by atoms with E-state index in [1.807, 2.05) is 0 Å². The maximum absolute atomic E-state index is 11.4. The molecule has 2 N–H and O–H groups in total. The maximum atomic E-state index is 11.4. The van der Waals surface area contributed by atoms with Gasteiger partial charge in [-0.3, -0.25) is 0 Å². The number of methoxy groups -OCH3 is 1. The predicted octanol–water partition coefficient (Wildman–Crippen LogP) is 1.91. The number of pyridine rings is 1. The Kier molecular flexibility index (Phi) is 4.37. The lowest BCUT2D eigenvalue weighted by Crippen LogP contribution is -2.47. The molecule has 5 heteroatoms. The van der Waals surface area contributed by atoms with Crippen molar-refractivity contribution in [3.05, 3.63) is 23.9 Å².